The number of likely N-dealkylation sites (tertiary alicyclic amines) is 1. The maximum Gasteiger partial charge on any atom is 0.220 e. The maximum atomic E-state index is 13.5. The molecular formula is C14H16F2N2O2. The van der Waals surface area contributed by atoms with Crippen molar-refractivity contribution in [3.63, 3.8) is 0 Å². The van der Waals surface area contributed by atoms with Gasteiger partial charge in [-0.15, -0.1) is 0 Å². The molecule has 6 heteroatoms. The summed E-state index contributed by atoms with van der Waals surface area (Å²) in [6.07, 6.45) is 1.21. The monoisotopic (exact) mass is 282 g/mol. The summed E-state index contributed by atoms with van der Waals surface area (Å²) in [5.74, 6) is -2.41. The van der Waals surface area contributed by atoms with E-state index in [1.165, 1.54) is 0 Å². The van der Waals surface area contributed by atoms with Gasteiger partial charge in [-0.25, -0.2) is 8.78 Å². The minimum Gasteiger partial charge on any atom is -0.369 e. The number of hydrogen-bond donors (Lipinski definition) is 1. The lowest BCUT2D eigenvalue weighted by molar-refractivity contribution is -0.123. The number of hydrogen-bond acceptors (Lipinski definition) is 3. The molecule has 2 N–H and O–H groups in total. The lowest BCUT2D eigenvalue weighted by atomic mass is 9.96. The van der Waals surface area contributed by atoms with E-state index >= 15 is 0 Å². The lowest BCUT2D eigenvalue weighted by Crippen LogP contribution is -2.40. The molecule has 1 saturated heterocycles. The number of amides is 1. The van der Waals surface area contributed by atoms with Gasteiger partial charge in [0.25, 0.3) is 0 Å². The van der Waals surface area contributed by atoms with Gasteiger partial charge in [0.2, 0.25) is 5.91 Å². The van der Waals surface area contributed by atoms with Gasteiger partial charge < -0.3 is 5.73 Å². The summed E-state index contributed by atoms with van der Waals surface area (Å²) in [6, 6.07) is 2.92. The summed E-state index contributed by atoms with van der Waals surface area (Å²) in [4.78, 5) is 24.8. The third kappa shape index (κ3) is 3.39. The lowest BCUT2D eigenvalue weighted by Gasteiger charge is -2.29. The van der Waals surface area contributed by atoms with Crippen LogP contribution in [0, 0.1) is 17.6 Å². The number of nitrogens with zero attached hydrogens (tertiary/aromatic N) is 1. The van der Waals surface area contributed by atoms with Gasteiger partial charge in [0.15, 0.2) is 5.78 Å². The molecule has 0 spiro atoms. The second-order valence-electron chi connectivity index (χ2n) is 5.00. The first-order valence-electron chi connectivity index (χ1n) is 6.47. The number of carbonyl (C=O) groups is 2. The fourth-order valence-corrected chi connectivity index (χ4v) is 2.38. The van der Waals surface area contributed by atoms with E-state index in [1.807, 2.05) is 4.90 Å². The van der Waals surface area contributed by atoms with Crippen LogP contribution in [0.15, 0.2) is 18.2 Å². The Morgan fingerprint density at radius 1 is 1.25 bits per heavy atom. The molecule has 0 radical (unpaired) electrons. The largest absolute Gasteiger partial charge is 0.369 e. The van der Waals surface area contributed by atoms with Gasteiger partial charge in [-0.05, 0) is 38.1 Å². The number of halogens is 2. The SMILES string of the molecule is NC(=O)C1CCN(CC(=O)c2ccc(F)cc2F)CC1. The highest BCUT2D eigenvalue weighted by Crippen LogP contribution is 2.17. The van der Waals surface area contributed by atoms with Crippen LogP contribution in [0.3, 0.4) is 0 Å². The van der Waals surface area contributed by atoms with Crippen molar-refractivity contribution in [1.82, 2.24) is 4.90 Å². The number of piperidine rings is 1. The molecule has 1 aliphatic heterocycles. The van der Waals surface area contributed by atoms with E-state index in [9.17, 15) is 18.4 Å². The molecule has 1 heterocycles. The smallest absolute Gasteiger partial charge is 0.220 e. The van der Waals surface area contributed by atoms with Crippen molar-refractivity contribution >= 4 is 11.7 Å². The zero-order valence-corrected chi connectivity index (χ0v) is 10.9. The Hall–Kier alpha value is -1.82. The van der Waals surface area contributed by atoms with Crippen molar-refractivity contribution in [2.75, 3.05) is 19.6 Å². The summed E-state index contributed by atoms with van der Waals surface area (Å²) in [5.41, 5.74) is 5.12. The van der Waals surface area contributed by atoms with Crippen molar-refractivity contribution in [3.8, 4) is 0 Å². The molecule has 1 amide bonds. The van der Waals surface area contributed by atoms with Crippen molar-refractivity contribution in [3.05, 3.63) is 35.4 Å². The minimum atomic E-state index is -0.845. The van der Waals surface area contributed by atoms with Crippen LogP contribution in [0.25, 0.3) is 0 Å². The second kappa shape index (κ2) is 6.09. The molecule has 0 aromatic heterocycles. The molecule has 0 unspecified atom stereocenters. The molecule has 20 heavy (non-hydrogen) atoms. The third-order valence-electron chi connectivity index (χ3n) is 3.59. The highest BCUT2D eigenvalue weighted by molar-refractivity contribution is 5.97. The molecule has 0 aliphatic carbocycles. The summed E-state index contributed by atoms with van der Waals surface area (Å²) in [7, 11) is 0. The Kier molecular flexibility index (Phi) is 4.44. The number of benzene rings is 1. The highest BCUT2D eigenvalue weighted by Gasteiger charge is 2.25. The number of carbonyl (C=O) groups excluding carboxylic acids is 2. The van der Waals surface area contributed by atoms with Gasteiger partial charge in [-0.1, -0.05) is 0 Å². The first-order chi connectivity index (χ1) is 9.47. The summed E-state index contributed by atoms with van der Waals surface area (Å²) in [6.45, 7) is 1.21. The summed E-state index contributed by atoms with van der Waals surface area (Å²) in [5, 5.41) is 0. The van der Waals surface area contributed by atoms with Gasteiger partial charge in [0.05, 0.1) is 12.1 Å². The van der Waals surface area contributed by atoms with Crippen LogP contribution >= 0.6 is 0 Å². The van der Waals surface area contributed by atoms with Crippen molar-refractivity contribution in [2.24, 2.45) is 11.7 Å². The normalized spacial score (nSPS) is 17.1. The zero-order chi connectivity index (χ0) is 14.7. The number of Topliss-reactive ketones (excluding diaryl/α,β-unsaturated/α-hetero) is 1. The Bertz CT molecular complexity index is 526. The van der Waals surface area contributed by atoms with Crippen LogP contribution in [-0.4, -0.2) is 36.2 Å². The van der Waals surface area contributed by atoms with Crippen molar-refractivity contribution in [2.45, 2.75) is 12.8 Å². The number of primary amides is 1. The van der Waals surface area contributed by atoms with Gasteiger partial charge in [-0.2, -0.15) is 0 Å². The van der Waals surface area contributed by atoms with Crippen LogP contribution in [0.1, 0.15) is 23.2 Å². The minimum absolute atomic E-state index is 0.0635. The Labute approximate surface area is 115 Å². The molecular weight excluding hydrogens is 266 g/mol. The quantitative estimate of drug-likeness (QED) is 0.848. The fraction of sp³-hybridized carbons (Fsp3) is 0.429. The fourth-order valence-electron chi connectivity index (χ4n) is 2.38. The molecule has 1 aromatic rings. The summed E-state index contributed by atoms with van der Waals surface area (Å²) >= 11 is 0. The van der Waals surface area contributed by atoms with E-state index < -0.39 is 11.6 Å². The third-order valence-corrected chi connectivity index (χ3v) is 3.59. The molecule has 0 bridgehead atoms. The number of rotatable bonds is 4. The summed E-state index contributed by atoms with van der Waals surface area (Å²) < 4.78 is 26.3. The molecule has 0 saturated carbocycles. The molecule has 108 valence electrons. The van der Waals surface area contributed by atoms with E-state index in [-0.39, 0.29) is 29.7 Å². The zero-order valence-electron chi connectivity index (χ0n) is 10.9. The van der Waals surface area contributed by atoms with Crippen molar-refractivity contribution in [1.29, 1.82) is 0 Å². The first kappa shape index (κ1) is 14.6. The number of ketones is 1. The van der Waals surface area contributed by atoms with E-state index in [0.717, 1.165) is 12.1 Å². The molecule has 1 aromatic carbocycles. The van der Waals surface area contributed by atoms with Gasteiger partial charge in [-0.3, -0.25) is 14.5 Å². The molecule has 0 atom stereocenters. The van der Waals surface area contributed by atoms with E-state index in [4.69, 9.17) is 5.73 Å². The molecule has 1 fully saturated rings. The van der Waals surface area contributed by atoms with Crippen LogP contribution in [-0.2, 0) is 4.79 Å². The Morgan fingerprint density at radius 2 is 1.90 bits per heavy atom. The van der Waals surface area contributed by atoms with Gasteiger partial charge in [0.1, 0.15) is 11.6 Å². The maximum absolute atomic E-state index is 13.5. The van der Waals surface area contributed by atoms with Gasteiger partial charge in [0, 0.05) is 12.0 Å². The number of nitrogens with two attached hydrogens (primary N) is 1. The standard InChI is InChI=1S/C14H16F2N2O2/c15-10-1-2-11(12(16)7-10)13(19)8-18-5-3-9(4-6-18)14(17)20/h1-2,7,9H,3-6,8H2,(H2,17,20). The topological polar surface area (TPSA) is 63.4 Å². The van der Waals surface area contributed by atoms with Crippen LogP contribution in [0.2, 0.25) is 0 Å². The van der Waals surface area contributed by atoms with Gasteiger partial charge >= 0.3 is 0 Å². The highest BCUT2D eigenvalue weighted by atomic mass is 19.1. The molecule has 1 aliphatic rings. The average Bonchev–Trinajstić information content (AvgIpc) is 2.39. The van der Waals surface area contributed by atoms with E-state index in [0.29, 0.717) is 32.0 Å². The average molecular weight is 282 g/mol. The van der Waals surface area contributed by atoms with Crippen LogP contribution in [0.5, 0.6) is 0 Å². The Morgan fingerprint density at radius 3 is 2.45 bits per heavy atom. The Balaban J connectivity index is 1.94. The van der Waals surface area contributed by atoms with E-state index in [1.54, 1.807) is 0 Å². The molecule has 2 rings (SSSR count). The second-order valence-corrected chi connectivity index (χ2v) is 5.00. The van der Waals surface area contributed by atoms with Crippen molar-refractivity contribution < 1.29 is 18.4 Å². The first-order valence-corrected chi connectivity index (χ1v) is 6.47. The van der Waals surface area contributed by atoms with E-state index in [2.05, 4.69) is 0 Å². The molecule has 4 nitrogen and oxygen atoms in total. The van der Waals surface area contributed by atoms with Crippen LogP contribution < -0.4 is 5.73 Å². The predicted molar refractivity (Wildman–Crippen MR) is 69.0 cm³/mol. The van der Waals surface area contributed by atoms with Crippen LogP contribution in [0.4, 0.5) is 8.78 Å². The predicted octanol–water partition coefficient (Wildman–Crippen LogP) is 1.34.